The molecule has 0 bridgehead atoms. The number of nitrogens with one attached hydrogen (secondary N) is 2. The average Bonchev–Trinajstić information content (AvgIpc) is 3.07. The first-order valence-electron chi connectivity index (χ1n) is 8.35. The summed E-state index contributed by atoms with van der Waals surface area (Å²) in [5, 5.41) is 13.8. The van der Waals surface area contributed by atoms with Gasteiger partial charge in [-0.25, -0.2) is 0 Å². The van der Waals surface area contributed by atoms with Crippen LogP contribution in [0.2, 0.25) is 0 Å². The molecule has 2 aromatic carbocycles. The van der Waals surface area contributed by atoms with Crippen molar-refractivity contribution in [3.8, 4) is 11.5 Å². The number of hydrogen-bond donors (Lipinski definition) is 3. The van der Waals surface area contributed by atoms with E-state index in [1.165, 1.54) is 0 Å². The molecule has 6 heteroatoms. The summed E-state index contributed by atoms with van der Waals surface area (Å²) in [6, 6.07) is 12.7. The van der Waals surface area contributed by atoms with Gasteiger partial charge in [0.1, 0.15) is 6.04 Å². The van der Waals surface area contributed by atoms with Crippen molar-refractivity contribution in [3.05, 3.63) is 59.8 Å². The topological polar surface area (TPSA) is 83.6 Å². The summed E-state index contributed by atoms with van der Waals surface area (Å²) in [6.45, 7) is 0.361. The van der Waals surface area contributed by atoms with Gasteiger partial charge in [-0.05, 0) is 17.7 Å². The van der Waals surface area contributed by atoms with E-state index in [-0.39, 0.29) is 0 Å². The molecule has 0 saturated carbocycles. The van der Waals surface area contributed by atoms with E-state index in [2.05, 4.69) is 10.3 Å². The molecule has 0 amide bonds. The minimum Gasteiger partial charge on any atom is -0.493 e. The Labute approximate surface area is 151 Å². The van der Waals surface area contributed by atoms with Crippen LogP contribution in [0.1, 0.15) is 11.1 Å². The van der Waals surface area contributed by atoms with Gasteiger partial charge in [-0.1, -0.05) is 30.3 Å². The molecule has 3 aromatic rings. The van der Waals surface area contributed by atoms with Crippen LogP contribution in [-0.4, -0.2) is 36.3 Å². The maximum Gasteiger partial charge on any atom is 0.321 e. The van der Waals surface area contributed by atoms with Gasteiger partial charge < -0.3 is 19.6 Å². The molecule has 3 N–H and O–H groups in total. The molecule has 0 spiro atoms. The Hall–Kier alpha value is -2.99. The van der Waals surface area contributed by atoms with E-state index < -0.39 is 12.0 Å². The largest absolute Gasteiger partial charge is 0.493 e. The first kappa shape index (κ1) is 17.8. The second-order valence-electron chi connectivity index (χ2n) is 5.99. The van der Waals surface area contributed by atoms with Gasteiger partial charge in [0.05, 0.1) is 14.2 Å². The second kappa shape index (κ2) is 7.93. The summed E-state index contributed by atoms with van der Waals surface area (Å²) < 4.78 is 10.7. The predicted octanol–water partition coefficient (Wildman–Crippen LogP) is 2.97. The summed E-state index contributed by atoms with van der Waals surface area (Å²) in [5.41, 5.74) is 2.82. The SMILES string of the molecule is COc1cccc(CNC(Cc2c[nH]c3ccccc23)C(=O)O)c1OC. The zero-order valence-electron chi connectivity index (χ0n) is 14.8. The van der Waals surface area contributed by atoms with Gasteiger partial charge in [-0.2, -0.15) is 0 Å². The van der Waals surface area contributed by atoms with Crippen LogP contribution in [0.15, 0.2) is 48.7 Å². The smallest absolute Gasteiger partial charge is 0.321 e. The number of H-pyrrole nitrogens is 1. The van der Waals surface area contributed by atoms with E-state index in [0.717, 1.165) is 22.0 Å². The Kier molecular flexibility index (Phi) is 5.43. The Morgan fingerprint density at radius 3 is 2.65 bits per heavy atom. The van der Waals surface area contributed by atoms with Crippen molar-refractivity contribution in [2.45, 2.75) is 19.0 Å². The van der Waals surface area contributed by atoms with E-state index in [9.17, 15) is 9.90 Å². The minimum atomic E-state index is -0.892. The highest BCUT2D eigenvalue weighted by Crippen LogP contribution is 2.30. The monoisotopic (exact) mass is 354 g/mol. The van der Waals surface area contributed by atoms with Crippen LogP contribution in [0.25, 0.3) is 10.9 Å². The zero-order chi connectivity index (χ0) is 18.5. The molecule has 1 heterocycles. The molecule has 6 nitrogen and oxygen atoms in total. The van der Waals surface area contributed by atoms with E-state index in [1.54, 1.807) is 14.2 Å². The van der Waals surface area contributed by atoms with Crippen LogP contribution in [0.4, 0.5) is 0 Å². The Bertz CT molecular complexity index is 904. The van der Waals surface area contributed by atoms with Crippen molar-refractivity contribution in [1.82, 2.24) is 10.3 Å². The van der Waals surface area contributed by atoms with Crippen molar-refractivity contribution in [2.75, 3.05) is 14.2 Å². The van der Waals surface area contributed by atoms with E-state index in [4.69, 9.17) is 9.47 Å². The molecule has 0 radical (unpaired) electrons. The fourth-order valence-corrected chi connectivity index (χ4v) is 3.09. The lowest BCUT2D eigenvalue weighted by Crippen LogP contribution is -2.38. The highest BCUT2D eigenvalue weighted by molar-refractivity contribution is 5.84. The lowest BCUT2D eigenvalue weighted by atomic mass is 10.0. The number of aliphatic carboxylic acids is 1. The number of aromatic nitrogens is 1. The van der Waals surface area contributed by atoms with E-state index in [0.29, 0.717) is 24.5 Å². The molecule has 136 valence electrons. The molecule has 0 saturated heterocycles. The standard InChI is InChI=1S/C20H22N2O4/c1-25-18-9-5-6-13(19(18)26-2)11-22-17(20(23)24)10-14-12-21-16-8-4-3-7-15(14)16/h3-9,12,17,21-22H,10-11H2,1-2H3,(H,23,24). The van der Waals surface area contributed by atoms with Gasteiger partial charge in [-0.3, -0.25) is 10.1 Å². The number of carboxylic acid groups (broad SMARTS) is 1. The summed E-state index contributed by atoms with van der Waals surface area (Å²) in [5.74, 6) is 0.339. The highest BCUT2D eigenvalue weighted by Gasteiger charge is 2.20. The molecule has 0 aliphatic heterocycles. The van der Waals surface area contributed by atoms with Gasteiger partial charge in [0.2, 0.25) is 0 Å². The number of fused-ring (bicyclic) bond motifs is 1. The molecule has 1 unspecified atom stereocenters. The van der Waals surface area contributed by atoms with Gasteiger partial charge in [0, 0.05) is 35.6 Å². The van der Waals surface area contributed by atoms with Crippen molar-refractivity contribution in [2.24, 2.45) is 0 Å². The minimum absolute atomic E-state index is 0.361. The van der Waals surface area contributed by atoms with Gasteiger partial charge in [-0.15, -0.1) is 0 Å². The molecular weight excluding hydrogens is 332 g/mol. The van der Waals surface area contributed by atoms with Gasteiger partial charge >= 0.3 is 5.97 Å². The maximum absolute atomic E-state index is 11.7. The number of ether oxygens (including phenoxy) is 2. The van der Waals surface area contributed by atoms with Crippen molar-refractivity contribution in [1.29, 1.82) is 0 Å². The Morgan fingerprint density at radius 1 is 1.12 bits per heavy atom. The fraction of sp³-hybridized carbons (Fsp3) is 0.250. The molecule has 1 aromatic heterocycles. The number of benzene rings is 2. The molecule has 0 fully saturated rings. The normalized spacial score (nSPS) is 12.1. The van der Waals surface area contributed by atoms with Crippen LogP contribution in [0, 0.1) is 0 Å². The van der Waals surface area contributed by atoms with Crippen molar-refractivity contribution >= 4 is 16.9 Å². The van der Waals surface area contributed by atoms with Crippen LogP contribution < -0.4 is 14.8 Å². The molecular formula is C20H22N2O4. The van der Waals surface area contributed by atoms with Crippen LogP contribution in [0.3, 0.4) is 0 Å². The zero-order valence-corrected chi connectivity index (χ0v) is 14.8. The number of para-hydroxylation sites is 2. The molecule has 26 heavy (non-hydrogen) atoms. The van der Waals surface area contributed by atoms with Crippen LogP contribution in [-0.2, 0) is 17.8 Å². The second-order valence-corrected chi connectivity index (χ2v) is 5.99. The van der Waals surface area contributed by atoms with Gasteiger partial charge in [0.15, 0.2) is 11.5 Å². The summed E-state index contributed by atoms with van der Waals surface area (Å²) in [6.07, 6.45) is 2.25. The fourth-order valence-electron chi connectivity index (χ4n) is 3.09. The summed E-state index contributed by atoms with van der Waals surface area (Å²) in [4.78, 5) is 14.9. The third kappa shape index (κ3) is 3.65. The third-order valence-electron chi connectivity index (χ3n) is 4.42. The number of hydrogen-bond acceptors (Lipinski definition) is 4. The van der Waals surface area contributed by atoms with E-state index >= 15 is 0 Å². The maximum atomic E-state index is 11.7. The predicted molar refractivity (Wildman–Crippen MR) is 99.8 cm³/mol. The lowest BCUT2D eigenvalue weighted by molar-refractivity contribution is -0.139. The van der Waals surface area contributed by atoms with E-state index in [1.807, 2.05) is 48.7 Å². The third-order valence-corrected chi connectivity index (χ3v) is 4.42. The highest BCUT2D eigenvalue weighted by atomic mass is 16.5. The number of carbonyl (C=O) groups is 1. The number of aromatic amines is 1. The molecule has 0 aliphatic rings. The lowest BCUT2D eigenvalue weighted by Gasteiger charge is -2.17. The molecule has 0 aliphatic carbocycles. The quantitative estimate of drug-likeness (QED) is 0.579. The first-order valence-corrected chi connectivity index (χ1v) is 8.35. The molecule has 1 atom stereocenters. The van der Waals surface area contributed by atoms with Crippen molar-refractivity contribution in [3.63, 3.8) is 0 Å². The number of rotatable bonds is 8. The molecule has 3 rings (SSSR count). The summed E-state index contributed by atoms with van der Waals surface area (Å²) in [7, 11) is 3.15. The number of carboxylic acids is 1. The van der Waals surface area contributed by atoms with Crippen LogP contribution >= 0.6 is 0 Å². The van der Waals surface area contributed by atoms with Crippen molar-refractivity contribution < 1.29 is 19.4 Å². The van der Waals surface area contributed by atoms with Crippen LogP contribution in [0.5, 0.6) is 11.5 Å². The Balaban J connectivity index is 1.77. The Morgan fingerprint density at radius 2 is 1.92 bits per heavy atom. The number of methoxy groups -OCH3 is 2. The van der Waals surface area contributed by atoms with Gasteiger partial charge in [0.25, 0.3) is 0 Å². The summed E-state index contributed by atoms with van der Waals surface area (Å²) >= 11 is 0. The average molecular weight is 354 g/mol. The first-order chi connectivity index (χ1) is 12.6.